The molecule has 0 saturated heterocycles. The lowest BCUT2D eigenvalue weighted by atomic mass is 9.96. The first-order valence-electron chi connectivity index (χ1n) is 17.2. The molecule has 0 aliphatic rings. The smallest absolute Gasteiger partial charge is 0.138 e. The molecule has 4 heterocycles. The molecule has 0 aliphatic carbocycles. The second kappa shape index (κ2) is 10.8. The van der Waals surface area contributed by atoms with Gasteiger partial charge in [0.15, 0.2) is 0 Å². The van der Waals surface area contributed by atoms with Gasteiger partial charge < -0.3 is 13.4 Å². The van der Waals surface area contributed by atoms with E-state index in [1.807, 2.05) is 24.4 Å². The van der Waals surface area contributed by atoms with Crippen LogP contribution in [0.2, 0.25) is 0 Å². The average Bonchev–Trinajstić information content (AvgIpc) is 3.86. The third kappa shape index (κ3) is 4.37. The molecule has 11 rings (SSSR count). The van der Waals surface area contributed by atoms with Crippen molar-refractivity contribution in [1.29, 1.82) is 0 Å². The van der Waals surface area contributed by atoms with E-state index < -0.39 is 0 Å². The average molecular weight is 653 g/mol. The first kappa shape index (κ1) is 28.0. The number of para-hydroxylation sites is 1. The summed E-state index contributed by atoms with van der Waals surface area (Å²) in [4.78, 5) is 4.38. The fraction of sp³-hybridized carbons (Fsp3) is 0. The van der Waals surface area contributed by atoms with Gasteiger partial charge in [-0.25, -0.2) is 0 Å². The largest absolute Gasteiger partial charge is 0.456 e. The molecule has 11 aromatic rings. The van der Waals surface area contributed by atoms with E-state index in [1.54, 1.807) is 6.20 Å². The Morgan fingerprint density at radius 3 is 1.67 bits per heavy atom. The summed E-state index contributed by atoms with van der Waals surface area (Å²) in [6, 6.07) is 56.2. The minimum absolute atomic E-state index is 0.844. The van der Waals surface area contributed by atoms with Crippen molar-refractivity contribution in [2.24, 2.45) is 0 Å². The minimum atomic E-state index is 0.844. The molecule has 0 saturated carbocycles. The van der Waals surface area contributed by atoms with Crippen LogP contribution in [0.3, 0.4) is 0 Å². The van der Waals surface area contributed by atoms with E-state index >= 15 is 0 Å². The first-order chi connectivity index (χ1) is 25.2. The first-order valence-corrected chi connectivity index (χ1v) is 17.2. The number of rotatable bonds is 4. The number of pyridine rings is 1. The summed E-state index contributed by atoms with van der Waals surface area (Å²) in [6.07, 6.45) is 3.66. The van der Waals surface area contributed by atoms with Crippen LogP contribution < -0.4 is 0 Å². The molecule has 7 aromatic carbocycles. The number of hydrogen-bond acceptors (Lipinski definition) is 3. The molecule has 0 N–H and O–H groups in total. The third-order valence-corrected chi connectivity index (χ3v) is 10.3. The van der Waals surface area contributed by atoms with Crippen molar-refractivity contribution >= 4 is 65.7 Å². The molecule has 0 atom stereocenters. The predicted molar refractivity (Wildman–Crippen MR) is 209 cm³/mol. The summed E-state index contributed by atoms with van der Waals surface area (Å²) < 4.78 is 14.6. The SMILES string of the molecule is c1ccc(-c2ccc3c(c2)c2cc(-c4cccc(-c5ccc6oc7ccccc7c6c5)c4)ccc2n3-c2ccc3oc4ccncc4c3c2)cc1. The highest BCUT2D eigenvalue weighted by Gasteiger charge is 2.17. The van der Waals surface area contributed by atoms with Gasteiger partial charge in [-0.3, -0.25) is 4.98 Å². The summed E-state index contributed by atoms with van der Waals surface area (Å²) >= 11 is 0. The van der Waals surface area contributed by atoms with Crippen molar-refractivity contribution in [2.45, 2.75) is 0 Å². The van der Waals surface area contributed by atoms with Crippen LogP contribution >= 0.6 is 0 Å². The molecule has 238 valence electrons. The Labute approximate surface area is 292 Å². The van der Waals surface area contributed by atoms with Gasteiger partial charge in [0.1, 0.15) is 22.3 Å². The van der Waals surface area contributed by atoms with Crippen molar-refractivity contribution in [3.63, 3.8) is 0 Å². The summed E-state index contributed by atoms with van der Waals surface area (Å²) in [5.74, 6) is 0. The van der Waals surface area contributed by atoms with Crippen LogP contribution in [0.15, 0.2) is 179 Å². The predicted octanol–water partition coefficient (Wildman–Crippen LogP) is 13.0. The number of furan rings is 2. The van der Waals surface area contributed by atoms with Gasteiger partial charge in [-0.15, -0.1) is 0 Å². The molecule has 51 heavy (non-hydrogen) atoms. The number of fused-ring (bicyclic) bond motifs is 9. The molecule has 4 heteroatoms. The molecule has 4 nitrogen and oxygen atoms in total. The topological polar surface area (TPSA) is 44.1 Å². The molecule has 4 aromatic heterocycles. The molecular formula is C47H28N2O2. The highest BCUT2D eigenvalue weighted by atomic mass is 16.3. The Balaban J connectivity index is 1.10. The van der Waals surface area contributed by atoms with Gasteiger partial charge in [-0.05, 0) is 106 Å². The number of hydrogen-bond donors (Lipinski definition) is 0. The molecule has 0 spiro atoms. The number of nitrogens with zero attached hydrogens (tertiary/aromatic N) is 2. The monoisotopic (exact) mass is 652 g/mol. The van der Waals surface area contributed by atoms with Crippen LogP contribution in [-0.2, 0) is 0 Å². The van der Waals surface area contributed by atoms with E-state index in [0.29, 0.717) is 0 Å². The zero-order chi connectivity index (χ0) is 33.5. The van der Waals surface area contributed by atoms with Gasteiger partial charge in [0, 0.05) is 50.4 Å². The van der Waals surface area contributed by atoms with E-state index in [9.17, 15) is 0 Å². The summed E-state index contributed by atoms with van der Waals surface area (Å²) in [7, 11) is 0. The van der Waals surface area contributed by atoms with Crippen molar-refractivity contribution in [1.82, 2.24) is 9.55 Å². The van der Waals surface area contributed by atoms with E-state index in [4.69, 9.17) is 8.83 Å². The minimum Gasteiger partial charge on any atom is -0.456 e. The lowest BCUT2D eigenvalue weighted by Crippen LogP contribution is -1.93. The van der Waals surface area contributed by atoms with Gasteiger partial charge in [0.2, 0.25) is 0 Å². The Hall–Kier alpha value is -6.91. The van der Waals surface area contributed by atoms with E-state index in [2.05, 4.69) is 149 Å². The van der Waals surface area contributed by atoms with E-state index in [0.717, 1.165) is 60.6 Å². The van der Waals surface area contributed by atoms with Gasteiger partial charge in [0.05, 0.1) is 11.0 Å². The number of aromatic nitrogens is 2. The van der Waals surface area contributed by atoms with Crippen LogP contribution in [0.4, 0.5) is 0 Å². The molecule has 0 radical (unpaired) electrons. The molecule has 0 fully saturated rings. The second-order valence-electron chi connectivity index (χ2n) is 13.2. The molecule has 0 amide bonds. The molecule has 0 bridgehead atoms. The molecular weight excluding hydrogens is 625 g/mol. The van der Waals surface area contributed by atoms with Crippen LogP contribution in [-0.4, -0.2) is 9.55 Å². The Morgan fingerprint density at radius 1 is 0.353 bits per heavy atom. The second-order valence-corrected chi connectivity index (χ2v) is 13.2. The maximum atomic E-state index is 6.15. The fourth-order valence-corrected chi connectivity index (χ4v) is 7.82. The van der Waals surface area contributed by atoms with Gasteiger partial charge in [-0.2, -0.15) is 0 Å². The quantitative estimate of drug-likeness (QED) is 0.190. The van der Waals surface area contributed by atoms with Crippen molar-refractivity contribution < 1.29 is 8.83 Å². The van der Waals surface area contributed by atoms with Crippen molar-refractivity contribution in [3.8, 4) is 39.1 Å². The van der Waals surface area contributed by atoms with E-state index in [1.165, 1.54) is 44.2 Å². The van der Waals surface area contributed by atoms with Gasteiger partial charge in [-0.1, -0.05) is 84.9 Å². The molecule has 0 aliphatic heterocycles. The summed E-state index contributed by atoms with van der Waals surface area (Å²) in [6.45, 7) is 0. The van der Waals surface area contributed by atoms with E-state index in [-0.39, 0.29) is 0 Å². The fourth-order valence-electron chi connectivity index (χ4n) is 7.82. The van der Waals surface area contributed by atoms with Crippen LogP contribution in [0, 0.1) is 0 Å². The van der Waals surface area contributed by atoms with Crippen molar-refractivity contribution in [2.75, 3.05) is 0 Å². The van der Waals surface area contributed by atoms with Crippen LogP contribution in [0.25, 0.3) is 105 Å². The zero-order valence-corrected chi connectivity index (χ0v) is 27.4. The highest BCUT2D eigenvalue weighted by molar-refractivity contribution is 6.13. The maximum Gasteiger partial charge on any atom is 0.138 e. The molecule has 0 unspecified atom stereocenters. The number of benzene rings is 7. The standard InChI is InChI=1S/C47H28N2O2/c1-2-7-29(8-3-1)32-13-17-42-37(24-32)38-25-33(14-18-43(38)49(42)35-16-20-46-40(27-35)41-28-48-22-21-47(41)51-46)30-9-6-10-31(23-30)34-15-19-45-39(26-34)36-11-4-5-12-44(36)50-45/h1-28H. The van der Waals surface area contributed by atoms with Gasteiger partial charge >= 0.3 is 0 Å². The lowest BCUT2D eigenvalue weighted by molar-refractivity contribution is 0.668. The zero-order valence-electron chi connectivity index (χ0n) is 27.4. The lowest BCUT2D eigenvalue weighted by Gasteiger charge is -2.10. The summed E-state index contributed by atoms with van der Waals surface area (Å²) in [5, 5.41) is 6.76. The summed E-state index contributed by atoms with van der Waals surface area (Å²) in [5.41, 5.74) is 14.0. The van der Waals surface area contributed by atoms with Crippen LogP contribution in [0.1, 0.15) is 0 Å². The van der Waals surface area contributed by atoms with Crippen LogP contribution in [0.5, 0.6) is 0 Å². The Bertz CT molecular complexity index is 3140. The Kier molecular flexibility index (Phi) is 5.92. The maximum absolute atomic E-state index is 6.15. The normalized spacial score (nSPS) is 11.9. The Morgan fingerprint density at radius 2 is 0.902 bits per heavy atom. The van der Waals surface area contributed by atoms with Crippen molar-refractivity contribution in [3.05, 3.63) is 170 Å². The third-order valence-electron chi connectivity index (χ3n) is 10.3. The van der Waals surface area contributed by atoms with Gasteiger partial charge in [0.25, 0.3) is 0 Å². The highest BCUT2D eigenvalue weighted by Crippen LogP contribution is 2.40.